The van der Waals surface area contributed by atoms with Crippen molar-refractivity contribution in [3.05, 3.63) is 82.6 Å². The van der Waals surface area contributed by atoms with Gasteiger partial charge in [-0.05, 0) is 54.4 Å². The van der Waals surface area contributed by atoms with Gasteiger partial charge in [-0.1, -0.05) is 41.1 Å². The van der Waals surface area contributed by atoms with Crippen molar-refractivity contribution in [2.24, 2.45) is 0 Å². The molecule has 0 radical (unpaired) electrons. The lowest BCUT2D eigenvalue weighted by atomic mass is 10.1. The Morgan fingerprint density at radius 3 is 2.50 bits per heavy atom. The van der Waals surface area contributed by atoms with Gasteiger partial charge < -0.3 is 0 Å². The van der Waals surface area contributed by atoms with E-state index in [0.717, 1.165) is 27.7 Å². The second kappa shape index (κ2) is 8.97. The number of benzene rings is 2. The van der Waals surface area contributed by atoms with Crippen molar-refractivity contribution in [1.82, 2.24) is 9.97 Å². The number of aromatic nitrogens is 2. The molecule has 32 heavy (non-hydrogen) atoms. The molecule has 164 valence electrons. The summed E-state index contributed by atoms with van der Waals surface area (Å²) in [5, 5.41) is 1.19. The number of halogens is 1. The molecule has 2 aromatic carbocycles. The van der Waals surface area contributed by atoms with Crippen molar-refractivity contribution in [3.8, 4) is 0 Å². The van der Waals surface area contributed by atoms with Crippen LogP contribution in [0.1, 0.15) is 16.8 Å². The van der Waals surface area contributed by atoms with Crippen molar-refractivity contribution in [2.75, 3.05) is 11.2 Å². The number of aryl methyl sites for hydroxylation is 1. The van der Waals surface area contributed by atoms with Crippen molar-refractivity contribution in [3.63, 3.8) is 0 Å². The van der Waals surface area contributed by atoms with Gasteiger partial charge in [0.2, 0.25) is 5.91 Å². The number of carbonyl (C=O) groups excluding carboxylic acids is 1. The van der Waals surface area contributed by atoms with E-state index < -0.39 is 9.84 Å². The summed E-state index contributed by atoms with van der Waals surface area (Å²) >= 11 is 7.67. The third-order valence-electron chi connectivity index (χ3n) is 5.02. The standard InChI is InChI=1S/C23H20ClN3O3S2/c1-15-19(24)10-11-20-22(15)26-23(31-20)27(14-17-5-3-4-12-25-17)21(28)13-16-6-8-18(9-7-16)32(2,29)30/h3-12H,13-14H2,1-2H3. The van der Waals surface area contributed by atoms with Crippen molar-refractivity contribution < 1.29 is 13.2 Å². The first kappa shape index (κ1) is 22.4. The fourth-order valence-electron chi connectivity index (χ4n) is 3.24. The van der Waals surface area contributed by atoms with Gasteiger partial charge in [0.15, 0.2) is 15.0 Å². The highest BCUT2D eigenvalue weighted by Crippen LogP contribution is 2.34. The molecular formula is C23H20ClN3O3S2. The van der Waals surface area contributed by atoms with Crippen LogP contribution < -0.4 is 4.90 Å². The van der Waals surface area contributed by atoms with E-state index in [2.05, 4.69) is 4.98 Å². The molecule has 0 unspecified atom stereocenters. The Morgan fingerprint density at radius 1 is 1.09 bits per heavy atom. The largest absolute Gasteiger partial charge is 0.282 e. The van der Waals surface area contributed by atoms with E-state index in [1.807, 2.05) is 37.3 Å². The van der Waals surface area contributed by atoms with Crippen molar-refractivity contribution in [1.29, 1.82) is 0 Å². The second-order valence-electron chi connectivity index (χ2n) is 7.41. The Hall–Kier alpha value is -2.81. The highest BCUT2D eigenvalue weighted by molar-refractivity contribution is 7.90. The predicted molar refractivity (Wildman–Crippen MR) is 128 cm³/mol. The third kappa shape index (κ3) is 4.82. The minimum Gasteiger partial charge on any atom is -0.282 e. The maximum Gasteiger partial charge on any atom is 0.233 e. The van der Waals surface area contributed by atoms with Gasteiger partial charge in [0.25, 0.3) is 0 Å². The topological polar surface area (TPSA) is 80.2 Å². The molecule has 0 N–H and O–H groups in total. The summed E-state index contributed by atoms with van der Waals surface area (Å²) in [5.74, 6) is -0.162. The number of sulfone groups is 1. The van der Waals surface area contributed by atoms with E-state index in [4.69, 9.17) is 16.6 Å². The van der Waals surface area contributed by atoms with Crippen LogP contribution in [0.4, 0.5) is 5.13 Å². The lowest BCUT2D eigenvalue weighted by molar-refractivity contribution is -0.118. The minimum atomic E-state index is -3.29. The molecule has 0 fully saturated rings. The van der Waals surface area contributed by atoms with Gasteiger partial charge >= 0.3 is 0 Å². The average Bonchev–Trinajstić information content (AvgIpc) is 3.20. The Morgan fingerprint density at radius 2 is 1.84 bits per heavy atom. The molecular weight excluding hydrogens is 466 g/mol. The van der Waals surface area contributed by atoms with Gasteiger partial charge in [0.1, 0.15) is 0 Å². The molecule has 0 aliphatic heterocycles. The SMILES string of the molecule is Cc1c(Cl)ccc2sc(N(Cc3ccccn3)C(=O)Cc3ccc(S(C)(=O)=O)cc3)nc12. The van der Waals surface area contributed by atoms with E-state index in [1.54, 1.807) is 23.2 Å². The summed E-state index contributed by atoms with van der Waals surface area (Å²) in [5.41, 5.74) is 3.10. The molecule has 6 nitrogen and oxygen atoms in total. The number of amides is 1. The summed E-state index contributed by atoms with van der Waals surface area (Å²) in [6, 6.07) is 15.6. The molecule has 4 aromatic rings. The fourth-order valence-corrected chi connectivity index (χ4v) is 5.07. The number of anilines is 1. The van der Waals surface area contributed by atoms with Crippen LogP contribution in [0.15, 0.2) is 65.7 Å². The zero-order chi connectivity index (χ0) is 22.9. The molecule has 2 heterocycles. The summed E-state index contributed by atoms with van der Waals surface area (Å²) in [7, 11) is -3.29. The van der Waals surface area contributed by atoms with Crippen LogP contribution in [0.5, 0.6) is 0 Å². The normalized spacial score (nSPS) is 11.6. The Labute approximate surface area is 195 Å². The van der Waals surface area contributed by atoms with E-state index in [9.17, 15) is 13.2 Å². The molecule has 0 aliphatic carbocycles. The van der Waals surface area contributed by atoms with E-state index >= 15 is 0 Å². The van der Waals surface area contributed by atoms with Gasteiger partial charge in [-0.15, -0.1) is 0 Å². The first-order valence-corrected chi connectivity index (χ1v) is 12.9. The highest BCUT2D eigenvalue weighted by atomic mass is 35.5. The number of fused-ring (bicyclic) bond motifs is 1. The lowest BCUT2D eigenvalue weighted by Crippen LogP contribution is -2.32. The molecule has 0 saturated heterocycles. The summed E-state index contributed by atoms with van der Waals surface area (Å²) in [4.78, 5) is 24.2. The zero-order valence-corrected chi connectivity index (χ0v) is 19.8. The highest BCUT2D eigenvalue weighted by Gasteiger charge is 2.22. The smallest absolute Gasteiger partial charge is 0.233 e. The second-order valence-corrected chi connectivity index (χ2v) is 10.8. The fraction of sp³-hybridized carbons (Fsp3) is 0.174. The van der Waals surface area contributed by atoms with Gasteiger partial charge in [-0.3, -0.25) is 14.7 Å². The van der Waals surface area contributed by atoms with E-state index in [-0.39, 0.29) is 23.8 Å². The molecule has 0 atom stereocenters. The van der Waals surface area contributed by atoms with E-state index in [1.165, 1.54) is 23.5 Å². The number of nitrogens with zero attached hydrogens (tertiary/aromatic N) is 3. The molecule has 4 rings (SSSR count). The van der Waals surface area contributed by atoms with E-state index in [0.29, 0.717) is 15.7 Å². The van der Waals surface area contributed by atoms with Crippen molar-refractivity contribution >= 4 is 54.0 Å². The molecule has 0 saturated carbocycles. The molecule has 2 aromatic heterocycles. The van der Waals surface area contributed by atoms with Gasteiger partial charge in [-0.2, -0.15) is 0 Å². The monoisotopic (exact) mass is 485 g/mol. The Balaban J connectivity index is 1.68. The summed E-state index contributed by atoms with van der Waals surface area (Å²) in [6.07, 6.45) is 2.94. The minimum absolute atomic E-state index is 0.104. The molecule has 9 heteroatoms. The van der Waals surface area contributed by atoms with Crippen LogP contribution >= 0.6 is 22.9 Å². The number of carbonyl (C=O) groups is 1. The van der Waals surface area contributed by atoms with Crippen LogP contribution in [-0.4, -0.2) is 30.5 Å². The van der Waals surface area contributed by atoms with Crippen LogP contribution in [0, 0.1) is 6.92 Å². The summed E-state index contributed by atoms with van der Waals surface area (Å²) < 4.78 is 24.3. The quantitative estimate of drug-likeness (QED) is 0.390. The Bertz CT molecular complexity index is 1390. The van der Waals surface area contributed by atoms with Crippen LogP contribution in [0.2, 0.25) is 5.02 Å². The number of pyridine rings is 1. The van der Waals surface area contributed by atoms with Gasteiger partial charge in [0.05, 0.1) is 33.8 Å². The average molecular weight is 486 g/mol. The third-order valence-corrected chi connectivity index (χ3v) is 7.60. The maximum atomic E-state index is 13.3. The first-order chi connectivity index (χ1) is 15.2. The number of thiazole rings is 1. The molecule has 0 aliphatic rings. The Kier molecular flexibility index (Phi) is 6.28. The van der Waals surface area contributed by atoms with Crippen LogP contribution in [-0.2, 0) is 27.6 Å². The zero-order valence-electron chi connectivity index (χ0n) is 17.4. The molecule has 1 amide bonds. The van der Waals surface area contributed by atoms with Crippen LogP contribution in [0.3, 0.4) is 0 Å². The number of rotatable bonds is 6. The predicted octanol–water partition coefficient (Wildman–Crippen LogP) is 4.83. The maximum absolute atomic E-state index is 13.3. The molecule has 0 spiro atoms. The van der Waals surface area contributed by atoms with Gasteiger partial charge in [0, 0.05) is 17.5 Å². The number of hydrogen-bond donors (Lipinski definition) is 0. The lowest BCUT2D eigenvalue weighted by Gasteiger charge is -2.19. The van der Waals surface area contributed by atoms with Crippen molar-refractivity contribution in [2.45, 2.75) is 24.8 Å². The first-order valence-electron chi connectivity index (χ1n) is 9.77. The summed E-state index contributed by atoms with van der Waals surface area (Å²) in [6.45, 7) is 2.18. The van der Waals surface area contributed by atoms with Gasteiger partial charge in [-0.25, -0.2) is 13.4 Å². The molecule has 0 bridgehead atoms. The van der Waals surface area contributed by atoms with Crippen LogP contribution in [0.25, 0.3) is 10.2 Å². The number of hydrogen-bond acceptors (Lipinski definition) is 6.